The second-order valence-corrected chi connectivity index (χ2v) is 51.4. The maximum Gasteiger partial charge on any atom is 0.252 e. The molecular formula is C132H138B3N9. The molecule has 0 fully saturated rings. The van der Waals surface area contributed by atoms with E-state index in [-0.39, 0.29) is 68.9 Å². The fraction of sp³-hybridized carbons (Fsp3) is 0.295. The number of rotatable bonds is 9. The second-order valence-electron chi connectivity index (χ2n) is 51.4. The van der Waals surface area contributed by atoms with Crippen LogP contribution in [0.3, 0.4) is 0 Å². The Hall–Kier alpha value is -13.7. The summed E-state index contributed by atoms with van der Waals surface area (Å²) in [5.41, 5.74) is 47.2. The Balaban J connectivity index is 0.873. The third kappa shape index (κ3) is 15.9. The lowest BCUT2D eigenvalue weighted by atomic mass is 9.33. The summed E-state index contributed by atoms with van der Waals surface area (Å²) in [6.45, 7) is 69.0. The molecule has 0 atom stereocenters. The monoisotopic (exact) mass is 1880 g/mol. The number of aromatic nitrogens is 3. The molecule has 22 rings (SSSR count). The molecule has 0 aliphatic carbocycles. The molecule has 6 aliphatic rings. The highest BCUT2D eigenvalue weighted by molar-refractivity contribution is 7.02. The lowest BCUT2D eigenvalue weighted by Gasteiger charge is -2.45. The van der Waals surface area contributed by atoms with Gasteiger partial charge in [-0.15, -0.1) is 0 Å². The van der Waals surface area contributed by atoms with Gasteiger partial charge >= 0.3 is 0 Å². The third-order valence-corrected chi connectivity index (χ3v) is 31.6. The van der Waals surface area contributed by atoms with E-state index in [0.717, 1.165) is 152 Å². The van der Waals surface area contributed by atoms with E-state index >= 15 is 0 Å². The third-order valence-electron chi connectivity index (χ3n) is 31.6. The van der Waals surface area contributed by atoms with Crippen molar-refractivity contribution in [2.75, 3.05) is 29.4 Å². The Bertz CT molecular complexity index is 7150. The van der Waals surface area contributed by atoms with E-state index in [4.69, 9.17) is 15.0 Å². The van der Waals surface area contributed by atoms with E-state index in [1.807, 2.05) is 0 Å². The van der Waals surface area contributed by atoms with Crippen LogP contribution in [0.25, 0.3) is 34.2 Å². The topological polar surface area (TPSA) is 58.1 Å². The average Bonchev–Trinajstić information content (AvgIpc) is 0.697. The molecule has 0 N–H and O–H groups in total. The zero-order chi connectivity index (χ0) is 102. The molecule has 1 aromatic heterocycles. The van der Waals surface area contributed by atoms with E-state index < -0.39 is 0 Å². The zero-order valence-electron chi connectivity index (χ0n) is 90.5. The summed E-state index contributed by atoms with van der Waals surface area (Å²) in [6.07, 6.45) is 0. The van der Waals surface area contributed by atoms with Gasteiger partial charge in [0.25, 0.3) is 20.1 Å². The van der Waals surface area contributed by atoms with Crippen LogP contribution in [0, 0.1) is 20.8 Å². The Morgan fingerprint density at radius 2 is 0.347 bits per heavy atom. The van der Waals surface area contributed by atoms with Crippen molar-refractivity contribution in [3.8, 4) is 34.2 Å². The van der Waals surface area contributed by atoms with Crippen molar-refractivity contribution in [1.82, 2.24) is 15.0 Å². The van der Waals surface area contributed by atoms with Gasteiger partial charge in [0.05, 0.1) is 17.1 Å². The van der Waals surface area contributed by atoms with E-state index in [2.05, 4.69) is 528 Å². The molecule has 0 amide bonds. The Morgan fingerprint density at radius 3 is 0.535 bits per heavy atom. The first-order chi connectivity index (χ1) is 67.8. The average molecular weight is 1880 g/mol. The predicted molar refractivity (Wildman–Crippen MR) is 621 cm³/mol. The number of hydrogen-bond acceptors (Lipinski definition) is 9. The first-order valence-corrected chi connectivity index (χ1v) is 52.3. The van der Waals surface area contributed by atoms with Crippen molar-refractivity contribution >= 4 is 172 Å². The summed E-state index contributed by atoms with van der Waals surface area (Å²) in [7, 11) is 0. The van der Waals surface area contributed by atoms with Gasteiger partial charge < -0.3 is 29.4 Å². The molecule has 7 heterocycles. The van der Waals surface area contributed by atoms with Crippen LogP contribution < -0.4 is 78.6 Å². The van der Waals surface area contributed by atoms with Gasteiger partial charge in [0.1, 0.15) is 0 Å². The Labute approximate surface area is 858 Å². The molecule has 0 radical (unpaired) electrons. The molecule has 15 aromatic carbocycles. The summed E-state index contributed by atoms with van der Waals surface area (Å²) in [6, 6.07) is 115. The summed E-state index contributed by atoms with van der Waals surface area (Å²) < 4.78 is 0. The Kier molecular flexibility index (Phi) is 21.9. The summed E-state index contributed by atoms with van der Waals surface area (Å²) in [4.78, 5) is 34.8. The van der Waals surface area contributed by atoms with Crippen LogP contribution in [-0.2, 0) is 48.7 Å². The molecule has 0 saturated heterocycles. The largest absolute Gasteiger partial charge is 0.311 e. The number of aryl methyl sites for hydroxylation is 3. The van der Waals surface area contributed by atoms with Gasteiger partial charge in [0.15, 0.2) is 17.5 Å². The number of fused-ring (bicyclic) bond motifs is 12. The number of para-hydroxylation sites is 3. The van der Waals surface area contributed by atoms with E-state index in [0.29, 0.717) is 17.5 Å². The SMILES string of the molecule is Cc1cc2c3c(c1)N(c1ccc(C(C)(C)C)cc1)c1c(cccc1-c1nc(-c4cccc5c4N(c4ccc(C(C)(C)C)cc4)c4cc(C)cc6c4B5c4cc(C(C)(C)C)ccc4N6c4ccc(C(C)(C)C)cc4)nc(-c4cccc5c4N(c4ccc(C(C)(C)C)cc4)c4cc(C)cc6c4B5c4cc(C(C)(C)C)ccc4N6c4ccc(C(C)(C)C)cc4)n1)B3c1cc(C(C)(C)C)ccc1N2c1ccc(C(C)(C)C)cc1. The molecule has 0 saturated carbocycles. The van der Waals surface area contributed by atoms with Crippen LogP contribution in [-0.4, -0.2) is 35.1 Å². The molecule has 144 heavy (non-hydrogen) atoms. The zero-order valence-corrected chi connectivity index (χ0v) is 90.5. The van der Waals surface area contributed by atoms with Crippen molar-refractivity contribution < 1.29 is 0 Å². The second kappa shape index (κ2) is 33.2. The van der Waals surface area contributed by atoms with Gasteiger partial charge in [0, 0.05) is 102 Å². The highest BCUT2D eigenvalue weighted by atomic mass is 15.2. The fourth-order valence-corrected chi connectivity index (χ4v) is 23.5. The van der Waals surface area contributed by atoms with Crippen molar-refractivity contribution in [2.24, 2.45) is 0 Å². The van der Waals surface area contributed by atoms with Gasteiger partial charge in [-0.1, -0.05) is 333 Å². The van der Waals surface area contributed by atoms with Gasteiger partial charge in [-0.05, 0) is 331 Å². The molecule has 16 aromatic rings. The number of nitrogens with zero attached hydrogens (tertiary/aromatic N) is 9. The van der Waals surface area contributed by atoms with Crippen molar-refractivity contribution in [3.63, 3.8) is 0 Å². The summed E-state index contributed by atoms with van der Waals surface area (Å²) in [5, 5.41) is 0. The van der Waals surface area contributed by atoms with E-state index in [1.165, 1.54) is 82.8 Å². The van der Waals surface area contributed by atoms with Crippen LogP contribution in [0.1, 0.15) is 254 Å². The van der Waals surface area contributed by atoms with Gasteiger partial charge in [0.2, 0.25) is 0 Å². The molecule has 6 aliphatic heterocycles. The molecular weight excluding hydrogens is 1740 g/mol. The Morgan fingerprint density at radius 1 is 0.174 bits per heavy atom. The van der Waals surface area contributed by atoms with E-state index in [1.54, 1.807) is 0 Å². The normalized spacial score (nSPS) is 14.3. The minimum absolute atomic E-state index is 0.0476. The highest BCUT2D eigenvalue weighted by Crippen LogP contribution is 2.55. The van der Waals surface area contributed by atoms with Gasteiger partial charge in [-0.3, -0.25) is 0 Å². The molecule has 0 spiro atoms. The number of hydrogen-bond donors (Lipinski definition) is 0. The molecule has 0 bridgehead atoms. The minimum atomic E-state index is -0.258. The van der Waals surface area contributed by atoms with E-state index in [9.17, 15) is 0 Å². The highest BCUT2D eigenvalue weighted by Gasteiger charge is 2.51. The first kappa shape index (κ1) is 95.2. The molecule has 9 nitrogen and oxygen atoms in total. The first-order valence-electron chi connectivity index (χ1n) is 52.3. The van der Waals surface area contributed by atoms with Crippen molar-refractivity contribution in [1.29, 1.82) is 0 Å². The van der Waals surface area contributed by atoms with Crippen LogP contribution >= 0.6 is 0 Å². The molecule has 12 heteroatoms. The van der Waals surface area contributed by atoms with Crippen LogP contribution in [0.4, 0.5) is 102 Å². The predicted octanol–water partition coefficient (Wildman–Crippen LogP) is 29.7. The summed E-state index contributed by atoms with van der Waals surface area (Å²) >= 11 is 0. The minimum Gasteiger partial charge on any atom is -0.311 e. The number of anilines is 18. The van der Waals surface area contributed by atoms with Crippen LogP contribution in [0.2, 0.25) is 0 Å². The number of benzene rings is 15. The molecule has 720 valence electrons. The lowest BCUT2D eigenvalue weighted by Crippen LogP contribution is -2.61. The quantitative estimate of drug-likeness (QED) is 0.132. The maximum atomic E-state index is 6.44. The maximum absolute atomic E-state index is 6.44. The van der Waals surface area contributed by atoms with Crippen molar-refractivity contribution in [2.45, 2.75) is 256 Å². The lowest BCUT2D eigenvalue weighted by molar-refractivity contribution is 0.590. The molecule has 0 unspecified atom stereocenters. The van der Waals surface area contributed by atoms with Gasteiger partial charge in [-0.25, -0.2) is 15.0 Å². The van der Waals surface area contributed by atoms with Crippen molar-refractivity contribution in [3.05, 3.63) is 358 Å². The van der Waals surface area contributed by atoms with Crippen LogP contribution in [0.15, 0.2) is 291 Å². The standard InChI is InChI=1S/C132H138B3N9/c1-79-70-109-115-112(73-79)142(94-61-46-85(47-62-94)127(13,14)15)118-97(34-31-37-100(118)133(115)103-76-88(130(22,23)24)52-67-106(103)139(109)91-55-40-82(41-56-91)124(4,5)6)121-136-122(98-35-32-38-101-119(98)143(95-63-48-86(49-64-95)128(16,17)18)113-74-80(2)71-110-116(113)134(101)104-77-89(131(25,26)27)53-68-107(104)140(110)92-57-42-83(43-58-92)125(7,8)9)138-123(137-121)99-36-33-39-102-120(99)144(96-65-50-87(51-66-96)129(19,20)21)114-75-81(3)72-111-117(114)135(102)105-78-90(132(28,29)30)54-69-108(105)141(111)93-59-44-84(45-60-93)126(10,11)12/h31-78H,1-30H3. The smallest absolute Gasteiger partial charge is 0.252 e. The fourth-order valence-electron chi connectivity index (χ4n) is 23.5. The van der Waals surface area contributed by atoms with Gasteiger partial charge in [-0.2, -0.15) is 0 Å². The summed E-state index contributed by atoms with van der Waals surface area (Å²) in [5.74, 6) is 1.66. The van der Waals surface area contributed by atoms with Crippen LogP contribution in [0.5, 0.6) is 0 Å².